The third-order valence-corrected chi connectivity index (χ3v) is 2.82. The molecule has 0 radical (unpaired) electrons. The van der Waals surface area contributed by atoms with Crippen molar-refractivity contribution in [3.8, 4) is 11.8 Å². The SMILES string of the molecule is N#Cc1ccc(OCc2ccc(Cl)nc2)c(C(F)(F)F)c1. The molecular formula is C14H8ClF3N2O. The van der Waals surface area contributed by atoms with E-state index in [9.17, 15) is 13.2 Å². The number of hydrogen-bond acceptors (Lipinski definition) is 3. The molecule has 1 aromatic carbocycles. The molecule has 0 saturated carbocycles. The minimum absolute atomic E-state index is 0.0807. The molecule has 3 nitrogen and oxygen atoms in total. The van der Waals surface area contributed by atoms with Gasteiger partial charge in [0.05, 0.1) is 17.2 Å². The van der Waals surface area contributed by atoms with Gasteiger partial charge in [-0.25, -0.2) is 4.98 Å². The first-order chi connectivity index (χ1) is 9.90. The highest BCUT2D eigenvalue weighted by Crippen LogP contribution is 2.37. The van der Waals surface area contributed by atoms with E-state index in [2.05, 4.69) is 4.98 Å². The summed E-state index contributed by atoms with van der Waals surface area (Å²) in [6.45, 7) is -0.0842. The Kier molecular flexibility index (Phi) is 4.34. The fourth-order valence-corrected chi connectivity index (χ4v) is 1.71. The minimum Gasteiger partial charge on any atom is -0.488 e. The number of pyridine rings is 1. The van der Waals surface area contributed by atoms with Crippen LogP contribution in [0.3, 0.4) is 0 Å². The molecule has 0 amide bonds. The smallest absolute Gasteiger partial charge is 0.420 e. The van der Waals surface area contributed by atoms with E-state index in [0.717, 1.165) is 12.1 Å². The van der Waals surface area contributed by atoms with Crippen LogP contribution in [0.4, 0.5) is 13.2 Å². The Bertz CT molecular complexity index is 678. The Balaban J connectivity index is 2.23. The summed E-state index contributed by atoms with van der Waals surface area (Å²) in [4.78, 5) is 3.81. The highest BCUT2D eigenvalue weighted by Gasteiger charge is 2.34. The van der Waals surface area contributed by atoms with Crippen LogP contribution in [0, 0.1) is 11.3 Å². The van der Waals surface area contributed by atoms with Crippen LogP contribution in [-0.4, -0.2) is 4.98 Å². The van der Waals surface area contributed by atoms with Gasteiger partial charge in [0.15, 0.2) is 0 Å². The maximum atomic E-state index is 12.9. The molecule has 0 aliphatic rings. The Hall–Kier alpha value is -2.26. The Morgan fingerprint density at radius 3 is 2.57 bits per heavy atom. The minimum atomic E-state index is -4.60. The predicted molar refractivity (Wildman–Crippen MR) is 69.7 cm³/mol. The van der Waals surface area contributed by atoms with Gasteiger partial charge >= 0.3 is 6.18 Å². The first kappa shape index (κ1) is 15.1. The maximum Gasteiger partial charge on any atom is 0.420 e. The van der Waals surface area contributed by atoms with E-state index in [-0.39, 0.29) is 23.1 Å². The molecule has 0 spiro atoms. The normalized spacial score (nSPS) is 11.0. The number of nitrogens with zero attached hydrogens (tertiary/aromatic N) is 2. The van der Waals surface area contributed by atoms with Crippen molar-refractivity contribution in [1.82, 2.24) is 4.98 Å². The van der Waals surface area contributed by atoms with Crippen LogP contribution in [0.1, 0.15) is 16.7 Å². The molecule has 1 aromatic heterocycles. The maximum absolute atomic E-state index is 12.9. The number of hydrogen-bond donors (Lipinski definition) is 0. The second kappa shape index (κ2) is 6.02. The van der Waals surface area contributed by atoms with Crippen molar-refractivity contribution in [3.05, 3.63) is 58.4 Å². The van der Waals surface area contributed by atoms with Crippen molar-refractivity contribution in [3.63, 3.8) is 0 Å². The lowest BCUT2D eigenvalue weighted by Crippen LogP contribution is -2.09. The molecular weight excluding hydrogens is 305 g/mol. The molecule has 2 aromatic rings. The van der Waals surface area contributed by atoms with Crippen molar-refractivity contribution >= 4 is 11.6 Å². The number of aromatic nitrogens is 1. The molecule has 0 unspecified atom stereocenters. The van der Waals surface area contributed by atoms with Crippen molar-refractivity contribution in [2.75, 3.05) is 0 Å². The summed E-state index contributed by atoms with van der Waals surface area (Å²) in [5.74, 6) is -0.337. The molecule has 0 bridgehead atoms. The summed E-state index contributed by atoms with van der Waals surface area (Å²) in [6.07, 6.45) is -3.18. The Morgan fingerprint density at radius 1 is 1.24 bits per heavy atom. The van der Waals surface area contributed by atoms with Gasteiger partial charge in [-0.15, -0.1) is 0 Å². The number of ether oxygens (including phenoxy) is 1. The van der Waals surface area contributed by atoms with Gasteiger partial charge in [-0.2, -0.15) is 18.4 Å². The number of benzene rings is 1. The van der Waals surface area contributed by atoms with Crippen LogP contribution >= 0.6 is 11.6 Å². The molecule has 7 heteroatoms. The average molecular weight is 313 g/mol. The average Bonchev–Trinajstić information content (AvgIpc) is 2.45. The molecule has 108 valence electrons. The molecule has 0 atom stereocenters. The van der Waals surface area contributed by atoms with Crippen molar-refractivity contribution < 1.29 is 17.9 Å². The third kappa shape index (κ3) is 3.86. The first-order valence-electron chi connectivity index (χ1n) is 5.75. The Morgan fingerprint density at radius 2 is 2.00 bits per heavy atom. The lowest BCUT2D eigenvalue weighted by Gasteiger charge is -2.14. The van der Waals surface area contributed by atoms with Crippen molar-refractivity contribution in [2.45, 2.75) is 12.8 Å². The van der Waals surface area contributed by atoms with Gasteiger partial charge in [-0.1, -0.05) is 17.7 Å². The topological polar surface area (TPSA) is 45.9 Å². The summed E-state index contributed by atoms with van der Waals surface area (Å²) in [7, 11) is 0. The van der Waals surface area contributed by atoms with Crippen LogP contribution in [0.25, 0.3) is 0 Å². The number of alkyl halides is 3. The zero-order chi connectivity index (χ0) is 15.5. The monoisotopic (exact) mass is 312 g/mol. The summed E-state index contributed by atoms with van der Waals surface area (Å²) in [6, 6.07) is 7.95. The fourth-order valence-electron chi connectivity index (χ4n) is 1.60. The summed E-state index contributed by atoms with van der Waals surface area (Å²) >= 11 is 5.62. The van der Waals surface area contributed by atoms with E-state index in [4.69, 9.17) is 21.6 Å². The van der Waals surface area contributed by atoms with Crippen molar-refractivity contribution in [1.29, 1.82) is 5.26 Å². The van der Waals surface area contributed by atoms with Crippen LogP contribution in [0.5, 0.6) is 5.75 Å². The summed E-state index contributed by atoms with van der Waals surface area (Å²) in [5.41, 5.74) is -0.483. The quantitative estimate of drug-likeness (QED) is 0.798. The standard InChI is InChI=1S/C14H8ClF3N2O/c15-13-4-2-10(7-20-13)8-21-12-3-1-9(6-19)5-11(12)14(16,17)18/h1-5,7H,8H2. The number of halogens is 4. The fraction of sp³-hybridized carbons (Fsp3) is 0.143. The van der Waals surface area contributed by atoms with E-state index in [1.54, 1.807) is 12.1 Å². The highest BCUT2D eigenvalue weighted by molar-refractivity contribution is 6.29. The lowest BCUT2D eigenvalue weighted by atomic mass is 10.1. The summed E-state index contributed by atoms with van der Waals surface area (Å²) < 4.78 is 43.9. The molecule has 1 heterocycles. The van der Waals surface area contributed by atoms with Gasteiger partial charge in [-0.3, -0.25) is 0 Å². The van der Waals surface area contributed by atoms with Gasteiger partial charge < -0.3 is 4.74 Å². The molecule has 0 N–H and O–H groups in total. The van der Waals surface area contributed by atoms with E-state index >= 15 is 0 Å². The van der Waals surface area contributed by atoms with E-state index in [1.807, 2.05) is 0 Å². The summed E-state index contributed by atoms with van der Waals surface area (Å²) in [5, 5.41) is 8.96. The van der Waals surface area contributed by atoms with E-state index in [1.165, 1.54) is 18.3 Å². The van der Waals surface area contributed by atoms with Crippen molar-refractivity contribution in [2.24, 2.45) is 0 Å². The number of nitriles is 1. The molecule has 2 rings (SSSR count). The highest BCUT2D eigenvalue weighted by atomic mass is 35.5. The zero-order valence-electron chi connectivity index (χ0n) is 10.5. The third-order valence-electron chi connectivity index (χ3n) is 2.60. The van der Waals surface area contributed by atoms with Crippen LogP contribution in [0.15, 0.2) is 36.5 Å². The predicted octanol–water partition coefficient (Wildman–Crippen LogP) is 4.20. The van der Waals surface area contributed by atoms with E-state index < -0.39 is 11.7 Å². The molecule has 0 aliphatic carbocycles. The van der Waals surface area contributed by atoms with Gasteiger partial charge in [0.25, 0.3) is 0 Å². The van der Waals surface area contributed by atoms with Crippen LogP contribution in [-0.2, 0) is 12.8 Å². The molecule has 21 heavy (non-hydrogen) atoms. The molecule has 0 aliphatic heterocycles. The van der Waals surface area contributed by atoms with Gasteiger partial charge in [0.2, 0.25) is 0 Å². The Labute approximate surface area is 123 Å². The van der Waals surface area contributed by atoms with Gasteiger partial charge in [0.1, 0.15) is 17.5 Å². The second-order valence-corrected chi connectivity index (χ2v) is 4.49. The van der Waals surface area contributed by atoms with E-state index in [0.29, 0.717) is 5.56 Å². The second-order valence-electron chi connectivity index (χ2n) is 4.10. The van der Waals surface area contributed by atoms with Gasteiger partial charge in [-0.05, 0) is 24.3 Å². The van der Waals surface area contributed by atoms with Gasteiger partial charge in [0, 0.05) is 11.8 Å². The zero-order valence-corrected chi connectivity index (χ0v) is 11.2. The molecule has 0 fully saturated rings. The first-order valence-corrected chi connectivity index (χ1v) is 6.12. The molecule has 0 saturated heterocycles. The number of rotatable bonds is 3. The lowest BCUT2D eigenvalue weighted by molar-refractivity contribution is -0.139. The van der Waals surface area contributed by atoms with Crippen LogP contribution < -0.4 is 4.74 Å². The largest absolute Gasteiger partial charge is 0.488 e. The van der Waals surface area contributed by atoms with Crippen LogP contribution in [0.2, 0.25) is 5.15 Å².